The summed E-state index contributed by atoms with van der Waals surface area (Å²) in [5.74, 6) is -0.0349. The third kappa shape index (κ3) is 3.60. The molecule has 0 radical (unpaired) electrons. The minimum absolute atomic E-state index is 0.0208. The van der Waals surface area contributed by atoms with Crippen LogP contribution in [0, 0.1) is 17.6 Å². The first kappa shape index (κ1) is 14.6. The maximum Gasteiger partial charge on any atom is 0.161 e. The Bertz CT molecular complexity index is 482. The summed E-state index contributed by atoms with van der Waals surface area (Å²) in [6.45, 7) is 4.21. The van der Waals surface area contributed by atoms with Crippen LogP contribution in [0.15, 0.2) is 17.1 Å². The highest BCUT2D eigenvalue weighted by Gasteiger charge is 2.20. The summed E-state index contributed by atoms with van der Waals surface area (Å²) >= 11 is 7.37. The lowest BCUT2D eigenvalue weighted by atomic mass is 10.0. The number of nitrogens with zero attached hydrogens (tertiary/aromatic N) is 1. The molecule has 1 atom stereocenters. The van der Waals surface area contributed by atoms with Gasteiger partial charge in [0.2, 0.25) is 0 Å². The lowest BCUT2D eigenvalue weighted by molar-refractivity contribution is 0.485. The summed E-state index contributed by atoms with van der Waals surface area (Å²) in [6, 6.07) is 2.12. The van der Waals surface area contributed by atoms with Crippen molar-refractivity contribution >= 4 is 34.2 Å². The van der Waals surface area contributed by atoms with Crippen molar-refractivity contribution in [3.8, 4) is 0 Å². The van der Waals surface area contributed by atoms with Crippen molar-refractivity contribution in [2.75, 3.05) is 11.1 Å². The minimum atomic E-state index is -0.708. The monoisotopic (exact) mass is 304 g/mol. The molecule has 1 heterocycles. The van der Waals surface area contributed by atoms with Gasteiger partial charge in [-0.05, 0) is 18.4 Å². The Balaban J connectivity index is 2.22. The average Bonchev–Trinajstić information content (AvgIpc) is 2.34. The van der Waals surface area contributed by atoms with Crippen LogP contribution >= 0.6 is 23.4 Å². The quantitative estimate of drug-likeness (QED) is 0.867. The molecule has 104 valence electrons. The number of anilines is 1. The molecule has 6 heteroatoms. The van der Waals surface area contributed by atoms with E-state index in [2.05, 4.69) is 24.2 Å². The SMILES string of the molecule is CC(C)C1CCSC(Nc2c(F)cc(F)cc2Cl)=N1. The van der Waals surface area contributed by atoms with Gasteiger partial charge in [-0.3, -0.25) is 4.99 Å². The maximum atomic E-state index is 13.7. The van der Waals surface area contributed by atoms with E-state index in [0.717, 1.165) is 24.3 Å². The number of halogens is 3. The van der Waals surface area contributed by atoms with Crippen LogP contribution in [0.2, 0.25) is 5.02 Å². The fraction of sp³-hybridized carbons (Fsp3) is 0.462. The van der Waals surface area contributed by atoms with Crippen molar-refractivity contribution < 1.29 is 8.78 Å². The molecule has 0 aromatic heterocycles. The molecule has 2 nitrogen and oxygen atoms in total. The van der Waals surface area contributed by atoms with Crippen LogP contribution in [-0.4, -0.2) is 17.0 Å². The second-order valence-electron chi connectivity index (χ2n) is 4.75. The molecule has 0 saturated heterocycles. The van der Waals surface area contributed by atoms with Gasteiger partial charge in [-0.25, -0.2) is 8.78 Å². The third-order valence-electron chi connectivity index (χ3n) is 2.94. The lowest BCUT2D eigenvalue weighted by Crippen LogP contribution is -2.24. The van der Waals surface area contributed by atoms with Gasteiger partial charge in [0.25, 0.3) is 0 Å². The Morgan fingerprint density at radius 3 is 2.79 bits per heavy atom. The predicted molar refractivity (Wildman–Crippen MR) is 78.1 cm³/mol. The fourth-order valence-electron chi connectivity index (χ4n) is 1.85. The van der Waals surface area contributed by atoms with Crippen LogP contribution in [0.5, 0.6) is 0 Å². The smallest absolute Gasteiger partial charge is 0.161 e. The van der Waals surface area contributed by atoms with Crippen LogP contribution in [0.4, 0.5) is 14.5 Å². The molecule has 1 unspecified atom stereocenters. The molecule has 0 amide bonds. The van der Waals surface area contributed by atoms with E-state index in [4.69, 9.17) is 11.6 Å². The number of amidine groups is 1. The largest absolute Gasteiger partial charge is 0.331 e. The van der Waals surface area contributed by atoms with E-state index in [9.17, 15) is 8.78 Å². The van der Waals surface area contributed by atoms with E-state index in [1.807, 2.05) is 0 Å². The number of rotatable bonds is 2. The third-order valence-corrected chi connectivity index (χ3v) is 4.16. The Morgan fingerprint density at radius 2 is 2.16 bits per heavy atom. The molecule has 0 bridgehead atoms. The summed E-state index contributed by atoms with van der Waals surface area (Å²) in [4.78, 5) is 4.53. The van der Waals surface area contributed by atoms with E-state index in [1.165, 1.54) is 11.8 Å². The Morgan fingerprint density at radius 1 is 1.42 bits per heavy atom. The molecule has 0 saturated carbocycles. The molecule has 1 aromatic rings. The topological polar surface area (TPSA) is 24.4 Å². The number of thioether (sulfide) groups is 1. The maximum absolute atomic E-state index is 13.7. The normalized spacial score (nSPS) is 19.5. The van der Waals surface area contributed by atoms with Crippen LogP contribution in [0.3, 0.4) is 0 Å². The zero-order chi connectivity index (χ0) is 14.0. The summed E-state index contributed by atoms with van der Waals surface area (Å²) in [7, 11) is 0. The van der Waals surface area contributed by atoms with Gasteiger partial charge < -0.3 is 5.32 Å². The predicted octanol–water partition coefficient (Wildman–Crippen LogP) is 4.55. The van der Waals surface area contributed by atoms with E-state index in [-0.39, 0.29) is 16.8 Å². The van der Waals surface area contributed by atoms with Crippen molar-refractivity contribution in [1.29, 1.82) is 0 Å². The van der Waals surface area contributed by atoms with Crippen LogP contribution in [0.25, 0.3) is 0 Å². The van der Waals surface area contributed by atoms with Gasteiger partial charge in [0.1, 0.15) is 5.82 Å². The first-order valence-electron chi connectivity index (χ1n) is 6.09. The van der Waals surface area contributed by atoms with Gasteiger partial charge in [-0.1, -0.05) is 37.2 Å². The molecule has 0 fully saturated rings. The number of aliphatic imine (C=N–C) groups is 1. The van der Waals surface area contributed by atoms with Crippen molar-refractivity contribution in [2.45, 2.75) is 26.3 Å². The second kappa shape index (κ2) is 6.09. The first-order valence-corrected chi connectivity index (χ1v) is 7.46. The molecule has 2 rings (SSSR count). The summed E-state index contributed by atoms with van der Waals surface area (Å²) in [5.41, 5.74) is 0.0822. The molecule has 1 aliphatic heterocycles. The number of nitrogens with one attached hydrogen (secondary N) is 1. The van der Waals surface area contributed by atoms with E-state index < -0.39 is 11.6 Å². The second-order valence-corrected chi connectivity index (χ2v) is 6.24. The fourth-order valence-corrected chi connectivity index (χ4v) is 3.03. The number of benzene rings is 1. The summed E-state index contributed by atoms with van der Waals surface area (Å²) in [5, 5.41) is 3.53. The van der Waals surface area contributed by atoms with Crippen molar-refractivity contribution in [2.24, 2.45) is 10.9 Å². The van der Waals surface area contributed by atoms with Gasteiger partial charge in [-0.2, -0.15) is 0 Å². The number of hydrogen-bond acceptors (Lipinski definition) is 3. The molecule has 19 heavy (non-hydrogen) atoms. The van der Waals surface area contributed by atoms with Crippen molar-refractivity contribution in [3.63, 3.8) is 0 Å². The lowest BCUT2D eigenvalue weighted by Gasteiger charge is -2.23. The van der Waals surface area contributed by atoms with Crippen LogP contribution < -0.4 is 5.32 Å². The summed E-state index contributed by atoms with van der Waals surface area (Å²) in [6.07, 6.45) is 1.01. The number of hydrogen-bond donors (Lipinski definition) is 1. The molecule has 0 spiro atoms. The van der Waals surface area contributed by atoms with Gasteiger partial charge in [0.15, 0.2) is 11.0 Å². The van der Waals surface area contributed by atoms with Gasteiger partial charge in [0.05, 0.1) is 16.8 Å². The highest BCUT2D eigenvalue weighted by Crippen LogP contribution is 2.29. The zero-order valence-corrected chi connectivity index (χ0v) is 12.3. The first-order chi connectivity index (χ1) is 8.97. The molecule has 1 aliphatic rings. The van der Waals surface area contributed by atoms with E-state index in [1.54, 1.807) is 0 Å². The molecule has 1 N–H and O–H groups in total. The van der Waals surface area contributed by atoms with Gasteiger partial charge in [-0.15, -0.1) is 0 Å². The summed E-state index contributed by atoms with van der Waals surface area (Å²) < 4.78 is 26.6. The highest BCUT2D eigenvalue weighted by molar-refractivity contribution is 8.14. The Hall–Kier alpha value is -0.810. The van der Waals surface area contributed by atoms with Crippen LogP contribution in [0.1, 0.15) is 20.3 Å². The van der Waals surface area contributed by atoms with Gasteiger partial charge >= 0.3 is 0 Å². The molecular formula is C13H15ClF2N2S. The highest BCUT2D eigenvalue weighted by atomic mass is 35.5. The molecule has 1 aromatic carbocycles. The Labute approximate surface area is 120 Å². The van der Waals surface area contributed by atoms with E-state index in [0.29, 0.717) is 11.1 Å². The zero-order valence-electron chi connectivity index (χ0n) is 10.7. The average molecular weight is 305 g/mol. The van der Waals surface area contributed by atoms with Crippen molar-refractivity contribution in [3.05, 3.63) is 28.8 Å². The van der Waals surface area contributed by atoms with Crippen molar-refractivity contribution in [1.82, 2.24) is 0 Å². The molecular weight excluding hydrogens is 290 g/mol. The standard InChI is InChI=1S/C13H15ClF2N2S/c1-7(2)11-3-4-19-13(17-11)18-12-9(14)5-8(15)6-10(12)16/h5-7,11H,3-4H2,1-2H3,(H,17,18). The van der Waals surface area contributed by atoms with E-state index >= 15 is 0 Å². The Kier molecular flexibility index (Phi) is 4.68. The van der Waals surface area contributed by atoms with Gasteiger partial charge in [0, 0.05) is 11.8 Å². The minimum Gasteiger partial charge on any atom is -0.331 e. The molecule has 0 aliphatic carbocycles. The van der Waals surface area contributed by atoms with Crippen LogP contribution in [-0.2, 0) is 0 Å².